The fourth-order valence-electron chi connectivity index (χ4n) is 4.01. The monoisotopic (exact) mass is 346 g/mol. The van der Waals surface area contributed by atoms with Crippen LogP contribution in [0.1, 0.15) is 23.1 Å². The summed E-state index contributed by atoms with van der Waals surface area (Å²) in [5.74, 6) is 1.46. The Bertz CT molecular complexity index is 1230. The number of fused-ring (bicyclic) bond motifs is 3. The molecule has 4 heteroatoms. The molecule has 0 aliphatic heterocycles. The Hall–Kier alpha value is -3.01. The Morgan fingerprint density at radius 3 is 2.50 bits per heavy atom. The van der Waals surface area contributed by atoms with Crippen LogP contribution in [0.5, 0.6) is 5.75 Å². The summed E-state index contributed by atoms with van der Waals surface area (Å²) in [4.78, 5) is 12.2. The number of hydrogen-bond donors (Lipinski definition) is 0. The van der Waals surface area contributed by atoms with E-state index in [2.05, 4.69) is 6.07 Å². The van der Waals surface area contributed by atoms with E-state index in [1.165, 1.54) is 17.2 Å². The zero-order chi connectivity index (χ0) is 17.8. The fraction of sp³-hybridized carbons (Fsp3) is 0.227. The lowest BCUT2D eigenvalue weighted by molar-refractivity contribution is 0.414. The smallest absolute Gasteiger partial charge is 0.336 e. The molecule has 0 saturated heterocycles. The number of rotatable bonds is 2. The normalized spacial score (nSPS) is 13.5. The van der Waals surface area contributed by atoms with E-state index in [1.54, 1.807) is 7.11 Å². The Morgan fingerprint density at radius 2 is 1.69 bits per heavy atom. The number of ether oxygens (including phenoxy) is 1. The minimum absolute atomic E-state index is 0.358. The lowest BCUT2D eigenvalue weighted by Gasteiger charge is -2.07. The molecule has 0 unspecified atom stereocenters. The molecule has 1 aliphatic carbocycles. The molecule has 2 heterocycles. The third-order valence-corrected chi connectivity index (χ3v) is 5.35. The Morgan fingerprint density at radius 1 is 0.923 bits per heavy atom. The molecule has 5 rings (SSSR count). The second-order valence-corrected chi connectivity index (χ2v) is 6.87. The summed E-state index contributed by atoms with van der Waals surface area (Å²) in [6.07, 6.45) is 3.26. The first-order chi connectivity index (χ1) is 12.6. The van der Waals surface area contributed by atoms with Gasteiger partial charge in [0.2, 0.25) is 0 Å². The predicted molar refractivity (Wildman–Crippen MR) is 101 cm³/mol. The van der Waals surface area contributed by atoms with Gasteiger partial charge in [-0.3, -0.25) is 0 Å². The Kier molecular flexibility index (Phi) is 3.23. The van der Waals surface area contributed by atoms with Crippen molar-refractivity contribution in [2.24, 2.45) is 0 Å². The van der Waals surface area contributed by atoms with E-state index < -0.39 is 0 Å². The van der Waals surface area contributed by atoms with Crippen molar-refractivity contribution in [1.82, 2.24) is 0 Å². The van der Waals surface area contributed by atoms with Gasteiger partial charge in [0.15, 0.2) is 0 Å². The van der Waals surface area contributed by atoms with E-state index in [0.717, 1.165) is 52.5 Å². The fourth-order valence-corrected chi connectivity index (χ4v) is 4.01. The van der Waals surface area contributed by atoms with Crippen LogP contribution in [0.15, 0.2) is 50.0 Å². The molecule has 4 nitrogen and oxygen atoms in total. The number of furan rings is 1. The third kappa shape index (κ3) is 2.18. The van der Waals surface area contributed by atoms with Crippen molar-refractivity contribution in [2.45, 2.75) is 26.2 Å². The lowest BCUT2D eigenvalue weighted by atomic mass is 10.00. The summed E-state index contributed by atoms with van der Waals surface area (Å²) >= 11 is 0. The molecular weight excluding hydrogens is 328 g/mol. The lowest BCUT2D eigenvalue weighted by Crippen LogP contribution is -1.99. The second kappa shape index (κ2) is 5.49. The van der Waals surface area contributed by atoms with E-state index in [1.807, 2.05) is 31.2 Å². The molecule has 26 heavy (non-hydrogen) atoms. The third-order valence-electron chi connectivity index (χ3n) is 5.35. The predicted octanol–water partition coefficient (Wildman–Crippen LogP) is 5.01. The van der Waals surface area contributed by atoms with Gasteiger partial charge in [0.1, 0.15) is 22.7 Å². The van der Waals surface area contributed by atoms with E-state index in [4.69, 9.17) is 13.6 Å². The molecule has 0 saturated carbocycles. The highest BCUT2D eigenvalue weighted by atomic mass is 16.5. The molecule has 0 bridgehead atoms. The average Bonchev–Trinajstić information content (AvgIpc) is 3.22. The largest absolute Gasteiger partial charge is 0.497 e. The summed E-state index contributed by atoms with van der Waals surface area (Å²) in [5.41, 5.74) is 5.44. The average molecular weight is 346 g/mol. The summed E-state index contributed by atoms with van der Waals surface area (Å²) < 4.78 is 16.9. The highest BCUT2D eigenvalue weighted by Gasteiger charge is 2.20. The second-order valence-electron chi connectivity index (χ2n) is 6.87. The van der Waals surface area contributed by atoms with Crippen LogP contribution in [0.4, 0.5) is 0 Å². The minimum atomic E-state index is -0.358. The van der Waals surface area contributed by atoms with E-state index in [-0.39, 0.29) is 5.63 Å². The molecule has 4 aromatic rings. The van der Waals surface area contributed by atoms with Crippen molar-refractivity contribution in [2.75, 3.05) is 7.11 Å². The van der Waals surface area contributed by atoms with Crippen molar-refractivity contribution in [3.8, 4) is 17.1 Å². The van der Waals surface area contributed by atoms with Gasteiger partial charge in [-0.25, -0.2) is 4.79 Å². The van der Waals surface area contributed by atoms with Gasteiger partial charge in [-0.05, 0) is 61.6 Å². The van der Waals surface area contributed by atoms with Crippen molar-refractivity contribution >= 4 is 21.9 Å². The standard InChI is InChI=1S/C22H18O4/c1-12-16-7-6-15(24-2)10-20(16)26-22(12)18-11-21(23)25-19-9-14-5-3-4-13(14)8-17(18)19/h6-11H,3-5H2,1-2H3. The van der Waals surface area contributed by atoms with Crippen molar-refractivity contribution in [3.05, 3.63) is 63.5 Å². The number of hydrogen-bond acceptors (Lipinski definition) is 4. The van der Waals surface area contributed by atoms with Gasteiger partial charge in [0.05, 0.1) is 7.11 Å². The molecule has 0 radical (unpaired) electrons. The zero-order valence-electron chi connectivity index (χ0n) is 14.7. The van der Waals surface area contributed by atoms with Gasteiger partial charge in [-0.15, -0.1) is 0 Å². The van der Waals surface area contributed by atoms with E-state index in [9.17, 15) is 4.79 Å². The quantitative estimate of drug-likeness (QED) is 0.479. The van der Waals surface area contributed by atoms with Gasteiger partial charge in [0, 0.05) is 34.0 Å². The van der Waals surface area contributed by atoms with E-state index >= 15 is 0 Å². The first-order valence-corrected chi connectivity index (χ1v) is 8.81. The highest BCUT2D eigenvalue weighted by molar-refractivity contribution is 5.97. The van der Waals surface area contributed by atoms with Crippen molar-refractivity contribution in [3.63, 3.8) is 0 Å². The summed E-state index contributed by atoms with van der Waals surface area (Å²) in [6, 6.07) is 11.5. The van der Waals surface area contributed by atoms with Crippen LogP contribution >= 0.6 is 0 Å². The molecule has 0 spiro atoms. The van der Waals surface area contributed by atoms with Crippen LogP contribution in [0.3, 0.4) is 0 Å². The molecular formula is C22H18O4. The van der Waals surface area contributed by atoms with Gasteiger partial charge < -0.3 is 13.6 Å². The first kappa shape index (κ1) is 15.3. The number of benzene rings is 2. The topological polar surface area (TPSA) is 52.6 Å². The van der Waals surface area contributed by atoms with Gasteiger partial charge in [0.25, 0.3) is 0 Å². The van der Waals surface area contributed by atoms with E-state index in [0.29, 0.717) is 11.3 Å². The van der Waals surface area contributed by atoms with Crippen LogP contribution in [0.2, 0.25) is 0 Å². The molecule has 0 N–H and O–H groups in total. The Labute approximate surface area is 150 Å². The van der Waals surface area contributed by atoms with Crippen LogP contribution in [-0.4, -0.2) is 7.11 Å². The van der Waals surface area contributed by atoms with Crippen LogP contribution in [0, 0.1) is 6.92 Å². The molecule has 2 aromatic carbocycles. The molecule has 0 atom stereocenters. The molecule has 2 aromatic heterocycles. The summed E-state index contributed by atoms with van der Waals surface area (Å²) in [6.45, 7) is 2.02. The Balaban J connectivity index is 1.82. The van der Waals surface area contributed by atoms with Gasteiger partial charge >= 0.3 is 5.63 Å². The van der Waals surface area contributed by atoms with Gasteiger partial charge in [-0.1, -0.05) is 0 Å². The summed E-state index contributed by atoms with van der Waals surface area (Å²) in [5, 5.41) is 1.95. The number of aryl methyl sites for hydroxylation is 3. The van der Waals surface area contributed by atoms with Gasteiger partial charge in [-0.2, -0.15) is 0 Å². The van der Waals surface area contributed by atoms with Crippen molar-refractivity contribution in [1.29, 1.82) is 0 Å². The van der Waals surface area contributed by atoms with Crippen LogP contribution in [-0.2, 0) is 12.8 Å². The molecule has 1 aliphatic rings. The first-order valence-electron chi connectivity index (χ1n) is 8.81. The van der Waals surface area contributed by atoms with Crippen LogP contribution in [0.25, 0.3) is 33.3 Å². The highest BCUT2D eigenvalue weighted by Crippen LogP contribution is 2.38. The van der Waals surface area contributed by atoms with Crippen molar-refractivity contribution < 1.29 is 13.6 Å². The summed E-state index contributed by atoms with van der Waals surface area (Å²) in [7, 11) is 1.63. The van der Waals surface area contributed by atoms with Crippen LogP contribution < -0.4 is 10.4 Å². The zero-order valence-corrected chi connectivity index (χ0v) is 14.7. The molecule has 0 fully saturated rings. The maximum absolute atomic E-state index is 12.2. The molecule has 130 valence electrons. The number of methoxy groups -OCH3 is 1. The minimum Gasteiger partial charge on any atom is -0.497 e. The SMILES string of the molecule is COc1ccc2c(C)c(-c3cc(=O)oc4cc5c(cc34)CCC5)oc2c1. The molecule has 0 amide bonds. The maximum Gasteiger partial charge on any atom is 0.336 e. The maximum atomic E-state index is 12.2.